The van der Waals surface area contributed by atoms with Gasteiger partial charge in [-0.2, -0.15) is 4.98 Å². The van der Waals surface area contributed by atoms with Gasteiger partial charge in [0.25, 0.3) is 5.89 Å². The van der Waals surface area contributed by atoms with Crippen molar-refractivity contribution in [3.8, 4) is 11.6 Å². The molecule has 0 aromatic carbocycles. The molecule has 0 amide bonds. The molecule has 0 fully saturated rings. The normalized spacial score (nSPS) is 10.2. The number of rotatable bonds is 2. The lowest BCUT2D eigenvalue weighted by Crippen LogP contribution is -1.90. The summed E-state index contributed by atoms with van der Waals surface area (Å²) < 4.78 is 9.70. The molecule has 0 radical (unpaired) electrons. The quantitative estimate of drug-likeness (QED) is 0.652. The highest BCUT2D eigenvalue weighted by Gasteiger charge is 2.13. The first-order valence-corrected chi connectivity index (χ1v) is 3.66. The molecule has 2 heterocycles. The third kappa shape index (κ3) is 1.35. The molecule has 2 aromatic heterocycles. The van der Waals surface area contributed by atoms with Crippen LogP contribution in [0.5, 0.6) is 0 Å². The van der Waals surface area contributed by atoms with Gasteiger partial charge in [0.1, 0.15) is 0 Å². The number of nitrogens with zero attached hydrogens (tertiary/aromatic N) is 2. The van der Waals surface area contributed by atoms with Crippen molar-refractivity contribution < 1.29 is 13.7 Å². The molecule has 0 bridgehead atoms. The molecule has 5 heteroatoms. The summed E-state index contributed by atoms with van der Waals surface area (Å²) in [6.45, 7) is 1.36. The molecule has 0 spiro atoms. The van der Waals surface area contributed by atoms with Crippen molar-refractivity contribution in [1.29, 1.82) is 0 Å². The highest BCUT2D eigenvalue weighted by atomic mass is 16.5. The van der Waals surface area contributed by atoms with Crippen LogP contribution in [0.15, 0.2) is 27.3 Å². The minimum absolute atomic E-state index is 0.00796. The van der Waals surface area contributed by atoms with E-state index in [4.69, 9.17) is 4.42 Å². The molecule has 0 saturated heterocycles. The second kappa shape index (κ2) is 2.85. The summed E-state index contributed by atoms with van der Waals surface area (Å²) in [6, 6.07) is 3.40. The average molecular weight is 178 g/mol. The lowest BCUT2D eigenvalue weighted by Gasteiger charge is -1.81. The van der Waals surface area contributed by atoms with E-state index in [0.29, 0.717) is 5.76 Å². The van der Waals surface area contributed by atoms with Crippen molar-refractivity contribution in [1.82, 2.24) is 10.1 Å². The Morgan fingerprint density at radius 3 is 2.92 bits per heavy atom. The van der Waals surface area contributed by atoms with Crippen LogP contribution in [-0.4, -0.2) is 15.9 Å². The second-order valence-corrected chi connectivity index (χ2v) is 2.46. The smallest absolute Gasteiger partial charge is 0.294 e. The van der Waals surface area contributed by atoms with Gasteiger partial charge in [-0.3, -0.25) is 4.79 Å². The molecular formula is C8H6N2O3. The Morgan fingerprint density at radius 2 is 2.38 bits per heavy atom. The Kier molecular flexibility index (Phi) is 1.70. The number of aromatic nitrogens is 2. The Hall–Kier alpha value is -1.91. The maximum atomic E-state index is 10.8. The van der Waals surface area contributed by atoms with Crippen molar-refractivity contribution in [2.24, 2.45) is 0 Å². The fourth-order valence-corrected chi connectivity index (χ4v) is 0.872. The predicted octanol–water partition coefficient (Wildman–Crippen LogP) is 1.53. The summed E-state index contributed by atoms with van der Waals surface area (Å²) >= 11 is 0. The number of carbonyl (C=O) groups excluding carboxylic acids is 1. The minimum atomic E-state index is -0.259. The summed E-state index contributed by atoms with van der Waals surface area (Å²) in [6.07, 6.45) is 1.50. The van der Waals surface area contributed by atoms with Crippen LogP contribution in [0.3, 0.4) is 0 Å². The summed E-state index contributed by atoms with van der Waals surface area (Å²) in [7, 11) is 0. The number of carbonyl (C=O) groups is 1. The highest BCUT2D eigenvalue weighted by molar-refractivity contribution is 5.89. The van der Waals surface area contributed by atoms with E-state index >= 15 is 0 Å². The molecule has 0 aliphatic rings. The van der Waals surface area contributed by atoms with E-state index in [0.717, 1.165) is 0 Å². The second-order valence-electron chi connectivity index (χ2n) is 2.46. The van der Waals surface area contributed by atoms with Gasteiger partial charge in [-0.05, 0) is 12.1 Å². The topological polar surface area (TPSA) is 69.1 Å². The van der Waals surface area contributed by atoms with Crippen LogP contribution >= 0.6 is 0 Å². The van der Waals surface area contributed by atoms with E-state index in [9.17, 15) is 4.79 Å². The van der Waals surface area contributed by atoms with Gasteiger partial charge in [-0.1, -0.05) is 5.16 Å². The third-order valence-electron chi connectivity index (χ3n) is 1.47. The van der Waals surface area contributed by atoms with Crippen LogP contribution < -0.4 is 0 Å². The van der Waals surface area contributed by atoms with Gasteiger partial charge >= 0.3 is 0 Å². The summed E-state index contributed by atoms with van der Waals surface area (Å²) in [5.74, 6) is 0.503. The first kappa shape index (κ1) is 7.72. The van der Waals surface area contributed by atoms with E-state index in [1.165, 1.54) is 13.2 Å². The minimum Gasteiger partial charge on any atom is -0.461 e. The summed E-state index contributed by atoms with van der Waals surface area (Å²) in [5.41, 5.74) is 0. The number of hydrogen-bond acceptors (Lipinski definition) is 5. The van der Waals surface area contributed by atoms with E-state index in [1.54, 1.807) is 12.1 Å². The molecule has 0 atom stereocenters. The van der Waals surface area contributed by atoms with Crippen LogP contribution in [-0.2, 0) is 0 Å². The Bertz CT molecular complexity index is 416. The van der Waals surface area contributed by atoms with Gasteiger partial charge < -0.3 is 8.94 Å². The lowest BCUT2D eigenvalue weighted by atomic mass is 10.4. The van der Waals surface area contributed by atoms with E-state index < -0.39 is 0 Å². The van der Waals surface area contributed by atoms with Crippen LogP contribution in [0, 0.1) is 0 Å². The number of hydrogen-bond donors (Lipinski definition) is 0. The number of furan rings is 1. The maximum Gasteiger partial charge on any atom is 0.294 e. The van der Waals surface area contributed by atoms with Crippen LogP contribution in [0.25, 0.3) is 11.6 Å². The molecule has 0 saturated carbocycles. The molecule has 2 aromatic rings. The Morgan fingerprint density at radius 1 is 1.54 bits per heavy atom. The SMILES string of the molecule is CC(=O)c1nc(-c2ccco2)no1. The molecule has 0 aliphatic heterocycles. The van der Waals surface area contributed by atoms with E-state index in [1.807, 2.05) is 0 Å². The molecule has 2 rings (SSSR count). The molecular weight excluding hydrogens is 172 g/mol. The van der Waals surface area contributed by atoms with Crippen molar-refractivity contribution >= 4 is 5.78 Å². The Balaban J connectivity index is 2.39. The zero-order valence-corrected chi connectivity index (χ0v) is 6.85. The van der Waals surface area contributed by atoms with Gasteiger partial charge in [0.2, 0.25) is 11.6 Å². The standard InChI is InChI=1S/C8H6N2O3/c1-5(11)8-9-7(10-13-8)6-3-2-4-12-6/h2-4H,1H3. The Labute approximate surface area is 73.4 Å². The van der Waals surface area contributed by atoms with Crippen LogP contribution in [0.4, 0.5) is 0 Å². The maximum absolute atomic E-state index is 10.8. The molecule has 13 heavy (non-hydrogen) atoms. The fourth-order valence-electron chi connectivity index (χ4n) is 0.872. The van der Waals surface area contributed by atoms with E-state index in [-0.39, 0.29) is 17.5 Å². The monoisotopic (exact) mass is 178 g/mol. The number of ketones is 1. The average Bonchev–Trinajstić information content (AvgIpc) is 2.75. The van der Waals surface area contributed by atoms with Gasteiger partial charge in [0, 0.05) is 6.92 Å². The largest absolute Gasteiger partial charge is 0.461 e. The van der Waals surface area contributed by atoms with Crippen molar-refractivity contribution in [2.45, 2.75) is 6.92 Å². The fraction of sp³-hybridized carbons (Fsp3) is 0.125. The summed E-state index contributed by atoms with van der Waals surface area (Å²) in [5, 5.41) is 3.58. The molecule has 5 nitrogen and oxygen atoms in total. The van der Waals surface area contributed by atoms with Crippen molar-refractivity contribution in [2.75, 3.05) is 0 Å². The summed E-state index contributed by atoms with van der Waals surface area (Å²) in [4.78, 5) is 14.6. The highest BCUT2D eigenvalue weighted by Crippen LogP contribution is 2.15. The van der Waals surface area contributed by atoms with Gasteiger partial charge in [0.15, 0.2) is 5.76 Å². The van der Waals surface area contributed by atoms with Crippen LogP contribution in [0.2, 0.25) is 0 Å². The molecule has 66 valence electrons. The van der Waals surface area contributed by atoms with Gasteiger partial charge in [-0.25, -0.2) is 0 Å². The van der Waals surface area contributed by atoms with Gasteiger partial charge in [-0.15, -0.1) is 0 Å². The molecule has 0 unspecified atom stereocenters. The first-order valence-electron chi connectivity index (χ1n) is 3.66. The third-order valence-corrected chi connectivity index (χ3v) is 1.47. The van der Waals surface area contributed by atoms with Crippen molar-refractivity contribution in [3.05, 3.63) is 24.3 Å². The van der Waals surface area contributed by atoms with Crippen molar-refractivity contribution in [3.63, 3.8) is 0 Å². The van der Waals surface area contributed by atoms with Crippen LogP contribution in [0.1, 0.15) is 17.6 Å². The first-order chi connectivity index (χ1) is 6.27. The van der Waals surface area contributed by atoms with Gasteiger partial charge in [0.05, 0.1) is 6.26 Å². The lowest BCUT2D eigenvalue weighted by molar-refractivity contribution is 0.0972. The zero-order valence-electron chi connectivity index (χ0n) is 6.85. The molecule has 0 N–H and O–H groups in total. The van der Waals surface area contributed by atoms with E-state index in [2.05, 4.69) is 14.7 Å². The molecule has 0 aliphatic carbocycles. The predicted molar refractivity (Wildman–Crippen MR) is 42.0 cm³/mol. The zero-order chi connectivity index (χ0) is 9.26. The number of Topliss-reactive ketones (excluding diaryl/α,β-unsaturated/α-hetero) is 1.